The van der Waals surface area contributed by atoms with Crippen molar-refractivity contribution in [3.63, 3.8) is 0 Å². The molecule has 1 atom stereocenters. The molecule has 0 amide bonds. The maximum absolute atomic E-state index is 6.25. The number of hydrogen-bond donors (Lipinski definition) is 1. The molecule has 2 aliphatic heterocycles. The van der Waals surface area contributed by atoms with Crippen LogP contribution < -0.4 is 5.32 Å². The van der Waals surface area contributed by atoms with Gasteiger partial charge in [0, 0.05) is 45.4 Å². The van der Waals surface area contributed by atoms with Crippen molar-refractivity contribution in [2.45, 2.75) is 18.9 Å². The number of halogens is 4. The fourth-order valence-corrected chi connectivity index (χ4v) is 3.78. The van der Waals surface area contributed by atoms with Crippen molar-refractivity contribution in [3.8, 4) is 0 Å². The summed E-state index contributed by atoms with van der Waals surface area (Å²) < 4.78 is 5.54. The van der Waals surface area contributed by atoms with Gasteiger partial charge in [-0.15, -0.1) is 24.8 Å². The van der Waals surface area contributed by atoms with Crippen LogP contribution in [0.2, 0.25) is 10.0 Å². The maximum atomic E-state index is 6.25. The summed E-state index contributed by atoms with van der Waals surface area (Å²) in [7, 11) is 0. The molecule has 2 aliphatic rings. The van der Waals surface area contributed by atoms with E-state index in [0.29, 0.717) is 22.0 Å². The Bertz CT molecular complexity index is 459. The predicted octanol–water partition coefficient (Wildman–Crippen LogP) is 4.21. The molecule has 2 saturated heterocycles. The summed E-state index contributed by atoms with van der Waals surface area (Å²) in [4.78, 5) is 2.59. The summed E-state index contributed by atoms with van der Waals surface area (Å²) in [5.74, 6) is 0.633. The Labute approximate surface area is 160 Å². The van der Waals surface area contributed by atoms with Gasteiger partial charge >= 0.3 is 0 Å². The number of benzene rings is 1. The average Bonchev–Trinajstić information content (AvgIpc) is 2.53. The van der Waals surface area contributed by atoms with Gasteiger partial charge in [-0.05, 0) is 36.5 Å². The molecule has 0 spiro atoms. The third kappa shape index (κ3) is 5.37. The molecule has 0 unspecified atom stereocenters. The smallest absolute Gasteiger partial charge is 0.0595 e. The first-order chi connectivity index (χ1) is 10.3. The van der Waals surface area contributed by atoms with Gasteiger partial charge in [0.05, 0.1) is 10.0 Å². The first kappa shape index (κ1) is 21.3. The molecule has 0 saturated carbocycles. The van der Waals surface area contributed by atoms with E-state index >= 15 is 0 Å². The van der Waals surface area contributed by atoms with E-state index in [1.54, 1.807) is 0 Å². The van der Waals surface area contributed by atoms with Crippen molar-refractivity contribution >= 4 is 48.0 Å². The highest BCUT2D eigenvalue weighted by molar-refractivity contribution is 6.42. The first-order valence-corrected chi connectivity index (χ1v) is 8.49. The molecule has 3 rings (SSSR count). The third-order valence-corrected chi connectivity index (χ3v) is 5.28. The molecule has 0 aliphatic carbocycles. The molecule has 23 heavy (non-hydrogen) atoms. The minimum Gasteiger partial charge on any atom is -0.381 e. The molecule has 0 aromatic heterocycles. The second kappa shape index (κ2) is 10.3. The van der Waals surface area contributed by atoms with Gasteiger partial charge in [0.15, 0.2) is 0 Å². The Hall–Kier alpha value is 0.260. The second-order valence-corrected chi connectivity index (χ2v) is 6.67. The van der Waals surface area contributed by atoms with E-state index in [2.05, 4.69) is 16.3 Å². The SMILES string of the molecule is Cl.Cl.Clc1ccc([C@H](C2CCOCC2)N2CCNCC2)cc1Cl. The van der Waals surface area contributed by atoms with Crippen LogP contribution in [0.15, 0.2) is 18.2 Å². The van der Waals surface area contributed by atoms with Gasteiger partial charge in [0.1, 0.15) is 0 Å². The molecular formula is C16H24Cl4N2O. The van der Waals surface area contributed by atoms with E-state index in [4.69, 9.17) is 27.9 Å². The van der Waals surface area contributed by atoms with Gasteiger partial charge in [-0.3, -0.25) is 4.90 Å². The van der Waals surface area contributed by atoms with Gasteiger partial charge in [-0.25, -0.2) is 0 Å². The summed E-state index contributed by atoms with van der Waals surface area (Å²) in [6.07, 6.45) is 2.24. The summed E-state index contributed by atoms with van der Waals surface area (Å²) in [6.45, 7) is 6.02. The van der Waals surface area contributed by atoms with Crippen LogP contribution in [0.25, 0.3) is 0 Å². The molecule has 0 radical (unpaired) electrons. The number of rotatable bonds is 3. The Balaban J connectivity index is 0.00000132. The second-order valence-electron chi connectivity index (χ2n) is 5.85. The van der Waals surface area contributed by atoms with E-state index in [9.17, 15) is 0 Å². The van der Waals surface area contributed by atoms with Crippen LogP contribution in [0, 0.1) is 5.92 Å². The summed E-state index contributed by atoms with van der Waals surface area (Å²) in [5.41, 5.74) is 1.29. The van der Waals surface area contributed by atoms with Crippen LogP contribution in [0.5, 0.6) is 0 Å². The topological polar surface area (TPSA) is 24.5 Å². The zero-order valence-corrected chi connectivity index (χ0v) is 16.1. The highest BCUT2D eigenvalue weighted by atomic mass is 35.5. The zero-order chi connectivity index (χ0) is 14.7. The van der Waals surface area contributed by atoms with Crippen molar-refractivity contribution in [2.75, 3.05) is 39.4 Å². The lowest BCUT2D eigenvalue weighted by atomic mass is 9.85. The third-order valence-electron chi connectivity index (χ3n) is 4.54. The van der Waals surface area contributed by atoms with Crippen LogP contribution in [-0.2, 0) is 4.74 Å². The van der Waals surface area contributed by atoms with Crippen molar-refractivity contribution in [1.82, 2.24) is 10.2 Å². The number of piperazine rings is 1. The monoisotopic (exact) mass is 400 g/mol. The molecule has 2 fully saturated rings. The quantitative estimate of drug-likeness (QED) is 0.820. The fourth-order valence-electron chi connectivity index (χ4n) is 3.47. The molecule has 7 heteroatoms. The zero-order valence-electron chi connectivity index (χ0n) is 13.0. The van der Waals surface area contributed by atoms with Crippen molar-refractivity contribution in [2.24, 2.45) is 5.92 Å². The normalized spacial score (nSPS) is 21.1. The Kier molecular flexibility index (Phi) is 9.54. The van der Waals surface area contributed by atoms with Crippen LogP contribution in [-0.4, -0.2) is 44.3 Å². The molecule has 3 nitrogen and oxygen atoms in total. The first-order valence-electron chi connectivity index (χ1n) is 7.73. The molecule has 132 valence electrons. The number of ether oxygens (including phenoxy) is 1. The number of hydrogen-bond acceptors (Lipinski definition) is 3. The molecule has 2 heterocycles. The largest absolute Gasteiger partial charge is 0.381 e. The molecule has 1 N–H and O–H groups in total. The molecule has 1 aromatic rings. The van der Waals surface area contributed by atoms with E-state index in [-0.39, 0.29) is 24.8 Å². The van der Waals surface area contributed by atoms with Crippen LogP contribution in [0.3, 0.4) is 0 Å². The lowest BCUT2D eigenvalue weighted by Gasteiger charge is -2.41. The predicted molar refractivity (Wildman–Crippen MR) is 102 cm³/mol. The standard InChI is InChI=1S/C16H22Cl2N2O.2ClH/c17-14-2-1-13(11-15(14)18)16(12-3-9-21-10-4-12)20-7-5-19-6-8-20;;/h1-2,11-12,16,19H,3-10H2;2*1H/t16-;;/m0../s1. The van der Waals surface area contributed by atoms with Crippen molar-refractivity contribution < 1.29 is 4.74 Å². The van der Waals surface area contributed by atoms with Gasteiger partial charge in [-0.1, -0.05) is 29.3 Å². The highest BCUT2D eigenvalue weighted by Crippen LogP contribution is 2.37. The van der Waals surface area contributed by atoms with E-state index in [1.807, 2.05) is 12.1 Å². The Morgan fingerprint density at radius 3 is 2.30 bits per heavy atom. The number of nitrogens with zero attached hydrogens (tertiary/aromatic N) is 1. The molecule has 1 aromatic carbocycles. The number of nitrogens with one attached hydrogen (secondary N) is 1. The summed E-state index contributed by atoms with van der Waals surface area (Å²) in [6, 6.07) is 6.53. The van der Waals surface area contributed by atoms with Crippen molar-refractivity contribution in [1.29, 1.82) is 0 Å². The highest BCUT2D eigenvalue weighted by Gasteiger charge is 2.31. The van der Waals surface area contributed by atoms with Gasteiger partial charge in [-0.2, -0.15) is 0 Å². The fraction of sp³-hybridized carbons (Fsp3) is 0.625. The van der Waals surface area contributed by atoms with Gasteiger partial charge in [0.25, 0.3) is 0 Å². The summed E-state index contributed by atoms with van der Waals surface area (Å²) in [5, 5.41) is 4.72. The summed E-state index contributed by atoms with van der Waals surface area (Å²) >= 11 is 12.3. The Morgan fingerprint density at radius 1 is 1.04 bits per heavy atom. The lowest BCUT2D eigenvalue weighted by molar-refractivity contribution is 0.0213. The maximum Gasteiger partial charge on any atom is 0.0595 e. The van der Waals surface area contributed by atoms with E-state index in [1.165, 1.54) is 5.56 Å². The van der Waals surface area contributed by atoms with E-state index < -0.39 is 0 Å². The lowest BCUT2D eigenvalue weighted by Crippen LogP contribution is -2.47. The molecular weight excluding hydrogens is 378 g/mol. The van der Waals surface area contributed by atoms with Crippen LogP contribution in [0.1, 0.15) is 24.4 Å². The minimum absolute atomic E-state index is 0. The van der Waals surface area contributed by atoms with Crippen LogP contribution >= 0.6 is 48.0 Å². The van der Waals surface area contributed by atoms with Crippen molar-refractivity contribution in [3.05, 3.63) is 33.8 Å². The Morgan fingerprint density at radius 2 is 1.70 bits per heavy atom. The van der Waals surface area contributed by atoms with Gasteiger partial charge < -0.3 is 10.1 Å². The van der Waals surface area contributed by atoms with E-state index in [0.717, 1.165) is 52.2 Å². The average molecular weight is 402 g/mol. The molecule has 0 bridgehead atoms. The van der Waals surface area contributed by atoms with Crippen LogP contribution in [0.4, 0.5) is 0 Å². The van der Waals surface area contributed by atoms with Gasteiger partial charge in [0.2, 0.25) is 0 Å². The minimum atomic E-state index is 0.